The van der Waals surface area contributed by atoms with Crippen LogP contribution in [-0.4, -0.2) is 36.8 Å². The molecule has 1 amide bonds. The summed E-state index contributed by atoms with van der Waals surface area (Å²) in [5.74, 6) is 0. The van der Waals surface area contributed by atoms with E-state index in [4.69, 9.17) is 14.6 Å². The first-order valence-electron chi connectivity index (χ1n) is 5.99. The zero-order valence-electron chi connectivity index (χ0n) is 12.0. The van der Waals surface area contributed by atoms with Crippen LogP contribution < -0.4 is 5.32 Å². The van der Waals surface area contributed by atoms with Crippen molar-refractivity contribution in [2.24, 2.45) is 0 Å². The first-order valence-corrected chi connectivity index (χ1v) is 8.90. The van der Waals surface area contributed by atoms with Crippen LogP contribution in [0.4, 0.5) is 4.79 Å². The third kappa shape index (κ3) is 5.10. The molecule has 6 heteroatoms. The summed E-state index contributed by atoms with van der Waals surface area (Å²) in [5, 5.41) is 19.9. The van der Waals surface area contributed by atoms with E-state index < -0.39 is 20.5 Å². The maximum Gasteiger partial charge on any atom is 0.405 e. The average Bonchev–Trinajstić information content (AvgIpc) is 2.13. The molecule has 0 aromatic heterocycles. The quantitative estimate of drug-likeness (QED) is 0.532. The van der Waals surface area contributed by atoms with Gasteiger partial charge in [0.05, 0.1) is 18.4 Å². The van der Waals surface area contributed by atoms with E-state index in [1.54, 1.807) is 6.92 Å². The van der Waals surface area contributed by atoms with Gasteiger partial charge in [0.2, 0.25) is 0 Å². The molecule has 0 aliphatic heterocycles. The molecular weight excluding hydrogens is 250 g/mol. The normalized spacial score (nSPS) is 16.6. The van der Waals surface area contributed by atoms with Crippen molar-refractivity contribution in [3.63, 3.8) is 0 Å². The molecule has 0 fully saturated rings. The molecule has 0 bridgehead atoms. The molecule has 0 heterocycles. The molecule has 0 unspecified atom stereocenters. The monoisotopic (exact) mass is 275 g/mol. The fourth-order valence-electron chi connectivity index (χ4n) is 1.27. The summed E-state index contributed by atoms with van der Waals surface area (Å²) >= 11 is 0. The number of rotatable bonds is 5. The van der Waals surface area contributed by atoms with Crippen molar-refractivity contribution in [3.8, 4) is 0 Å². The van der Waals surface area contributed by atoms with Crippen LogP contribution in [0, 0.1) is 0 Å². The van der Waals surface area contributed by atoms with Gasteiger partial charge < -0.3 is 20.0 Å². The van der Waals surface area contributed by atoms with E-state index in [2.05, 4.69) is 39.2 Å². The van der Waals surface area contributed by atoms with Gasteiger partial charge in [-0.05, 0) is 31.1 Å². The summed E-state index contributed by atoms with van der Waals surface area (Å²) in [6.07, 6.45) is 0.757. The van der Waals surface area contributed by atoms with Crippen LogP contribution in [0.2, 0.25) is 18.1 Å². The molecule has 0 saturated heterocycles. The number of aliphatic hydroxyl groups excluding tert-OH is 1. The van der Waals surface area contributed by atoms with E-state index in [1.165, 1.54) is 6.08 Å². The zero-order valence-corrected chi connectivity index (χ0v) is 13.0. The molecule has 0 aliphatic carbocycles. The maximum atomic E-state index is 10.7. The molecule has 0 rings (SSSR count). The Kier molecular flexibility index (Phi) is 5.89. The minimum absolute atomic E-state index is 0.0535. The van der Waals surface area contributed by atoms with Crippen LogP contribution >= 0.6 is 0 Å². The topological polar surface area (TPSA) is 78.8 Å². The minimum Gasteiger partial charge on any atom is -0.516 e. The fourth-order valence-corrected chi connectivity index (χ4v) is 2.70. The van der Waals surface area contributed by atoms with E-state index in [9.17, 15) is 4.79 Å². The second kappa shape index (κ2) is 6.24. The number of aliphatic hydroxyl groups is 1. The second-order valence-corrected chi connectivity index (χ2v) is 10.7. The van der Waals surface area contributed by atoms with Crippen molar-refractivity contribution < 1.29 is 19.4 Å². The predicted octanol–water partition coefficient (Wildman–Crippen LogP) is 3.10. The van der Waals surface area contributed by atoms with Gasteiger partial charge >= 0.3 is 6.09 Å². The lowest BCUT2D eigenvalue weighted by Gasteiger charge is -2.39. The second-order valence-electron chi connectivity index (χ2n) is 5.90. The summed E-state index contributed by atoms with van der Waals surface area (Å²) in [4.78, 5) is 10.7. The highest BCUT2D eigenvalue weighted by atomic mass is 28.4. The van der Waals surface area contributed by atoms with Crippen molar-refractivity contribution in [2.75, 3.05) is 0 Å². The number of carbonyl (C=O) groups is 1. The maximum absolute atomic E-state index is 10.7. The zero-order chi connectivity index (χ0) is 14.6. The highest BCUT2D eigenvalue weighted by Gasteiger charge is 2.39. The number of hydrogen-bond donors (Lipinski definition) is 3. The first-order chi connectivity index (χ1) is 8.01. The van der Waals surface area contributed by atoms with Gasteiger partial charge in [-0.1, -0.05) is 20.8 Å². The molecule has 0 saturated carbocycles. The van der Waals surface area contributed by atoms with Crippen LogP contribution in [0.15, 0.2) is 12.3 Å². The van der Waals surface area contributed by atoms with Gasteiger partial charge in [-0.25, -0.2) is 4.79 Å². The van der Waals surface area contributed by atoms with Crippen molar-refractivity contribution in [1.82, 2.24) is 5.32 Å². The molecule has 0 aromatic carbocycles. The molecule has 5 nitrogen and oxygen atoms in total. The Balaban J connectivity index is 4.80. The highest BCUT2D eigenvalue weighted by molar-refractivity contribution is 6.74. The van der Waals surface area contributed by atoms with E-state index in [1.807, 2.05) is 0 Å². The van der Waals surface area contributed by atoms with Crippen molar-refractivity contribution in [3.05, 3.63) is 12.3 Å². The summed E-state index contributed by atoms with van der Waals surface area (Å²) in [6.45, 7) is 12.4. The lowest BCUT2D eigenvalue weighted by atomic mass is 10.2. The van der Waals surface area contributed by atoms with E-state index >= 15 is 0 Å². The fraction of sp³-hybridized carbons (Fsp3) is 0.750. The Hall–Kier alpha value is -1.01. The van der Waals surface area contributed by atoms with Crippen LogP contribution in [0.5, 0.6) is 0 Å². The number of nitrogens with one attached hydrogen (secondary N) is 1. The number of hydrogen-bond acceptors (Lipinski definition) is 3. The first kappa shape index (κ1) is 17.0. The average molecular weight is 275 g/mol. The van der Waals surface area contributed by atoms with E-state index in [-0.39, 0.29) is 11.1 Å². The van der Waals surface area contributed by atoms with Gasteiger partial charge in [-0.3, -0.25) is 0 Å². The molecular formula is C12H25NO4Si. The Morgan fingerprint density at radius 2 is 1.89 bits per heavy atom. The van der Waals surface area contributed by atoms with Crippen molar-refractivity contribution >= 4 is 14.4 Å². The minimum atomic E-state index is -1.96. The van der Waals surface area contributed by atoms with Gasteiger partial charge in [-0.2, -0.15) is 0 Å². The molecule has 0 aromatic rings. The number of carboxylic acid groups (broad SMARTS) is 1. The Morgan fingerprint density at radius 1 is 1.39 bits per heavy atom. The highest BCUT2D eigenvalue weighted by Crippen LogP contribution is 2.37. The smallest absolute Gasteiger partial charge is 0.405 e. The van der Waals surface area contributed by atoms with Crippen molar-refractivity contribution in [2.45, 2.75) is 58.0 Å². The van der Waals surface area contributed by atoms with Crippen LogP contribution in [-0.2, 0) is 4.43 Å². The van der Waals surface area contributed by atoms with Gasteiger partial charge in [0.1, 0.15) is 0 Å². The molecule has 0 aliphatic rings. The molecule has 3 N–H and O–H groups in total. The molecule has 106 valence electrons. The van der Waals surface area contributed by atoms with Gasteiger partial charge in [0.25, 0.3) is 0 Å². The van der Waals surface area contributed by atoms with E-state index in [0.717, 1.165) is 6.26 Å². The number of amides is 1. The van der Waals surface area contributed by atoms with Crippen molar-refractivity contribution in [1.29, 1.82) is 0 Å². The molecule has 0 spiro atoms. The van der Waals surface area contributed by atoms with Gasteiger partial charge in [0, 0.05) is 0 Å². The molecule has 2 atom stereocenters. The third-order valence-corrected chi connectivity index (χ3v) is 7.95. The van der Waals surface area contributed by atoms with Gasteiger partial charge in [-0.15, -0.1) is 0 Å². The standard InChI is InChI=1S/C12H25NO4Si/c1-9(10(7-8-14)13-11(15)16)17-18(5,6)12(2,3)4/h7-10,13-14H,1-6H3,(H,15,16)/t9-,10-/m0/s1. The summed E-state index contributed by atoms with van der Waals surface area (Å²) in [6, 6.07) is -0.554. The summed E-state index contributed by atoms with van der Waals surface area (Å²) in [7, 11) is -1.96. The largest absolute Gasteiger partial charge is 0.516 e. The molecule has 0 radical (unpaired) electrons. The summed E-state index contributed by atoms with van der Waals surface area (Å²) in [5.41, 5.74) is 0. The Bertz CT molecular complexity index is 310. The third-order valence-electron chi connectivity index (χ3n) is 3.38. The van der Waals surface area contributed by atoms with Crippen LogP contribution in [0.1, 0.15) is 27.7 Å². The Labute approximate surface area is 110 Å². The summed E-state index contributed by atoms with van der Waals surface area (Å²) < 4.78 is 6.07. The predicted molar refractivity (Wildman–Crippen MR) is 74.5 cm³/mol. The van der Waals surface area contributed by atoms with Gasteiger partial charge in [0.15, 0.2) is 8.32 Å². The van der Waals surface area contributed by atoms with Crippen LogP contribution in [0.3, 0.4) is 0 Å². The lowest BCUT2D eigenvalue weighted by molar-refractivity contribution is 0.152. The van der Waals surface area contributed by atoms with Crippen LogP contribution in [0.25, 0.3) is 0 Å². The Morgan fingerprint density at radius 3 is 2.22 bits per heavy atom. The molecule has 18 heavy (non-hydrogen) atoms. The van der Waals surface area contributed by atoms with E-state index in [0.29, 0.717) is 0 Å². The lowest BCUT2D eigenvalue weighted by Crippen LogP contribution is -2.49. The SMILES string of the molecule is C[C@H](O[Si](C)(C)C(C)(C)C)[C@H](C=CO)NC(=O)O.